The number of rotatable bonds is 7. The molecule has 0 fully saturated rings. The molecule has 2 N–H and O–H groups in total. The molecule has 5 nitrogen and oxygen atoms in total. The van der Waals surface area contributed by atoms with Crippen molar-refractivity contribution in [1.29, 1.82) is 0 Å². The van der Waals surface area contributed by atoms with Crippen molar-refractivity contribution >= 4 is 28.1 Å². The van der Waals surface area contributed by atoms with E-state index in [9.17, 15) is 4.79 Å². The van der Waals surface area contributed by atoms with E-state index in [-0.39, 0.29) is 11.9 Å². The Balaban J connectivity index is 1.97. The van der Waals surface area contributed by atoms with Gasteiger partial charge in [-0.25, -0.2) is 4.98 Å². The molecule has 0 spiro atoms. The summed E-state index contributed by atoms with van der Waals surface area (Å²) < 4.78 is 5.41. The van der Waals surface area contributed by atoms with Crippen LogP contribution in [-0.2, 0) is 4.79 Å². The van der Waals surface area contributed by atoms with Crippen molar-refractivity contribution in [3.63, 3.8) is 0 Å². The molecule has 1 aromatic heterocycles. The number of aromatic nitrogens is 1. The van der Waals surface area contributed by atoms with Gasteiger partial charge < -0.3 is 15.4 Å². The van der Waals surface area contributed by atoms with E-state index >= 15 is 0 Å². The van der Waals surface area contributed by atoms with Crippen molar-refractivity contribution in [2.24, 2.45) is 0 Å². The average Bonchev–Trinajstić information content (AvgIpc) is 2.91. The number of anilines is 2. The van der Waals surface area contributed by atoms with Crippen molar-refractivity contribution in [2.45, 2.75) is 33.2 Å². The van der Waals surface area contributed by atoms with Crippen molar-refractivity contribution in [2.75, 3.05) is 17.2 Å². The molecule has 6 heteroatoms. The van der Waals surface area contributed by atoms with Crippen LogP contribution in [0.3, 0.4) is 0 Å². The Kier molecular flexibility index (Phi) is 5.77. The quantitative estimate of drug-likeness (QED) is 0.817. The second-order valence-electron chi connectivity index (χ2n) is 4.85. The summed E-state index contributed by atoms with van der Waals surface area (Å²) in [6.07, 6.45) is 0.684. The number of hydrogen-bond donors (Lipinski definition) is 2. The van der Waals surface area contributed by atoms with Gasteiger partial charge in [0.15, 0.2) is 5.13 Å². The summed E-state index contributed by atoms with van der Waals surface area (Å²) >= 11 is 1.43. The maximum absolute atomic E-state index is 12.3. The van der Waals surface area contributed by atoms with Crippen molar-refractivity contribution in [3.8, 4) is 5.75 Å². The molecular formula is C16H21N3O2S. The minimum Gasteiger partial charge on any atom is -0.494 e. The summed E-state index contributed by atoms with van der Waals surface area (Å²) in [6.45, 7) is 6.46. The summed E-state index contributed by atoms with van der Waals surface area (Å²) in [7, 11) is 0. The number of nitrogens with zero attached hydrogens (tertiary/aromatic N) is 1. The van der Waals surface area contributed by atoms with Gasteiger partial charge in [-0.15, -0.1) is 11.3 Å². The van der Waals surface area contributed by atoms with Crippen LogP contribution in [0.1, 0.15) is 26.0 Å². The van der Waals surface area contributed by atoms with E-state index in [0.29, 0.717) is 18.2 Å². The van der Waals surface area contributed by atoms with Crippen LogP contribution in [0.4, 0.5) is 10.8 Å². The highest BCUT2D eigenvalue weighted by atomic mass is 32.1. The number of thiazole rings is 1. The van der Waals surface area contributed by atoms with Crippen LogP contribution in [0, 0.1) is 6.92 Å². The lowest BCUT2D eigenvalue weighted by Gasteiger charge is -2.17. The number of carbonyl (C=O) groups is 1. The minimum atomic E-state index is -0.304. The van der Waals surface area contributed by atoms with Crippen LogP contribution in [-0.4, -0.2) is 23.5 Å². The lowest BCUT2D eigenvalue weighted by molar-refractivity contribution is -0.116. The van der Waals surface area contributed by atoms with E-state index < -0.39 is 0 Å². The van der Waals surface area contributed by atoms with E-state index in [1.54, 1.807) is 0 Å². The Morgan fingerprint density at radius 1 is 1.32 bits per heavy atom. The Bertz CT molecular complexity index is 610. The Morgan fingerprint density at radius 3 is 2.59 bits per heavy atom. The standard InChI is InChI=1S/C16H21N3O2S/c1-4-14(15(20)19-16-17-11(3)10-22-16)18-12-6-8-13(9-7-12)21-5-2/h6-10,14,18H,4-5H2,1-3H3,(H,17,19,20)/t14-/m0/s1. The van der Waals surface area contributed by atoms with Gasteiger partial charge in [0.1, 0.15) is 11.8 Å². The molecular weight excluding hydrogens is 298 g/mol. The van der Waals surface area contributed by atoms with Crippen LogP contribution in [0.2, 0.25) is 0 Å². The van der Waals surface area contributed by atoms with Gasteiger partial charge in [-0.05, 0) is 44.5 Å². The fourth-order valence-electron chi connectivity index (χ4n) is 1.97. The molecule has 22 heavy (non-hydrogen) atoms. The molecule has 1 amide bonds. The molecule has 0 saturated carbocycles. The number of nitrogens with one attached hydrogen (secondary N) is 2. The fourth-order valence-corrected chi connectivity index (χ4v) is 2.66. The van der Waals surface area contributed by atoms with Crippen molar-refractivity contribution in [3.05, 3.63) is 35.3 Å². The van der Waals surface area contributed by atoms with E-state index in [1.807, 2.05) is 50.4 Å². The fraction of sp³-hybridized carbons (Fsp3) is 0.375. The normalized spacial score (nSPS) is 11.8. The van der Waals surface area contributed by atoms with E-state index in [1.165, 1.54) is 11.3 Å². The maximum Gasteiger partial charge on any atom is 0.248 e. The molecule has 0 aliphatic carbocycles. The molecule has 0 aliphatic rings. The van der Waals surface area contributed by atoms with Gasteiger partial charge >= 0.3 is 0 Å². The lowest BCUT2D eigenvalue weighted by Crippen LogP contribution is -2.34. The largest absolute Gasteiger partial charge is 0.494 e. The first kappa shape index (κ1) is 16.3. The summed E-state index contributed by atoms with van der Waals surface area (Å²) in [4.78, 5) is 16.5. The van der Waals surface area contributed by atoms with Gasteiger partial charge in [-0.2, -0.15) is 0 Å². The van der Waals surface area contributed by atoms with Gasteiger partial charge in [-0.3, -0.25) is 4.79 Å². The van der Waals surface area contributed by atoms with Crippen molar-refractivity contribution < 1.29 is 9.53 Å². The molecule has 0 saturated heterocycles. The van der Waals surface area contributed by atoms with Gasteiger partial charge in [-0.1, -0.05) is 6.92 Å². The first-order valence-corrected chi connectivity index (χ1v) is 8.22. The van der Waals surface area contributed by atoms with E-state index in [0.717, 1.165) is 17.1 Å². The zero-order valence-corrected chi connectivity index (χ0v) is 13.9. The molecule has 118 valence electrons. The number of hydrogen-bond acceptors (Lipinski definition) is 5. The number of amides is 1. The highest BCUT2D eigenvalue weighted by molar-refractivity contribution is 7.13. The number of carbonyl (C=O) groups excluding carboxylic acids is 1. The molecule has 2 rings (SSSR count). The monoisotopic (exact) mass is 319 g/mol. The zero-order valence-electron chi connectivity index (χ0n) is 13.1. The summed E-state index contributed by atoms with van der Waals surface area (Å²) in [5.41, 5.74) is 1.80. The number of benzene rings is 1. The third-order valence-electron chi connectivity index (χ3n) is 3.08. The topological polar surface area (TPSA) is 63.2 Å². The molecule has 0 radical (unpaired) electrons. The maximum atomic E-state index is 12.3. The van der Waals surface area contributed by atoms with Gasteiger partial charge in [0.05, 0.1) is 12.3 Å². The Labute approximate surface area is 134 Å². The lowest BCUT2D eigenvalue weighted by atomic mass is 10.2. The molecule has 0 unspecified atom stereocenters. The van der Waals surface area contributed by atoms with Crippen LogP contribution >= 0.6 is 11.3 Å². The molecule has 1 atom stereocenters. The van der Waals surface area contributed by atoms with Crippen LogP contribution < -0.4 is 15.4 Å². The molecule has 1 aromatic carbocycles. The van der Waals surface area contributed by atoms with E-state index in [2.05, 4.69) is 15.6 Å². The second kappa shape index (κ2) is 7.79. The smallest absolute Gasteiger partial charge is 0.248 e. The highest BCUT2D eigenvalue weighted by Crippen LogP contribution is 2.18. The molecule has 2 aromatic rings. The third kappa shape index (κ3) is 4.46. The summed E-state index contributed by atoms with van der Waals surface area (Å²) in [5.74, 6) is 0.745. The zero-order chi connectivity index (χ0) is 15.9. The van der Waals surface area contributed by atoms with Crippen molar-refractivity contribution in [1.82, 2.24) is 4.98 Å². The van der Waals surface area contributed by atoms with Crippen LogP contribution in [0.15, 0.2) is 29.6 Å². The van der Waals surface area contributed by atoms with E-state index in [4.69, 9.17) is 4.74 Å². The Hall–Kier alpha value is -2.08. The number of aryl methyl sites for hydroxylation is 1. The summed E-state index contributed by atoms with van der Waals surface area (Å²) in [5, 5.41) is 8.63. The second-order valence-corrected chi connectivity index (χ2v) is 5.70. The molecule has 0 aliphatic heterocycles. The van der Waals surface area contributed by atoms with Crippen LogP contribution in [0.5, 0.6) is 5.75 Å². The minimum absolute atomic E-state index is 0.0780. The van der Waals surface area contributed by atoms with Gasteiger partial charge in [0.2, 0.25) is 5.91 Å². The Morgan fingerprint density at radius 2 is 2.05 bits per heavy atom. The molecule has 0 bridgehead atoms. The summed E-state index contributed by atoms with van der Waals surface area (Å²) in [6, 6.07) is 7.30. The predicted molar refractivity (Wildman–Crippen MR) is 90.8 cm³/mol. The first-order chi connectivity index (χ1) is 10.6. The van der Waals surface area contributed by atoms with Crippen LogP contribution in [0.25, 0.3) is 0 Å². The van der Waals surface area contributed by atoms with Gasteiger partial charge in [0, 0.05) is 11.1 Å². The highest BCUT2D eigenvalue weighted by Gasteiger charge is 2.17. The predicted octanol–water partition coefficient (Wildman–Crippen LogP) is 3.68. The SMILES string of the molecule is CCOc1ccc(N[C@@H](CC)C(=O)Nc2nc(C)cs2)cc1. The molecule has 1 heterocycles. The third-order valence-corrected chi connectivity index (χ3v) is 3.96. The van der Waals surface area contributed by atoms with Gasteiger partial charge in [0.25, 0.3) is 0 Å². The average molecular weight is 319 g/mol. The first-order valence-electron chi connectivity index (χ1n) is 7.34. The number of ether oxygens (including phenoxy) is 1.